The highest BCUT2D eigenvalue weighted by Gasteiger charge is 2.14. The molecule has 0 spiro atoms. The van der Waals surface area contributed by atoms with Crippen LogP contribution in [0.3, 0.4) is 0 Å². The van der Waals surface area contributed by atoms with Gasteiger partial charge in [-0.3, -0.25) is 4.79 Å². The molecule has 0 unspecified atom stereocenters. The highest BCUT2D eigenvalue weighted by Crippen LogP contribution is 2.30. The van der Waals surface area contributed by atoms with E-state index in [2.05, 4.69) is 21.2 Å². The summed E-state index contributed by atoms with van der Waals surface area (Å²) < 4.78 is 19.1. The van der Waals surface area contributed by atoms with Crippen LogP contribution in [0, 0.1) is 17.1 Å². The molecule has 2 rings (SSSR count). The molecule has 0 fully saturated rings. The number of nitrogens with zero attached hydrogens (tertiary/aromatic N) is 2. The minimum absolute atomic E-state index is 0.124. The van der Waals surface area contributed by atoms with E-state index in [4.69, 9.17) is 9.68 Å². The van der Waals surface area contributed by atoms with Gasteiger partial charge in [-0.05, 0) is 40.2 Å². The van der Waals surface area contributed by atoms with Gasteiger partial charge in [-0.2, -0.15) is 5.26 Å². The second-order valence-corrected chi connectivity index (χ2v) is 5.68. The maximum atomic E-state index is 12.8. The highest BCUT2D eigenvalue weighted by molar-refractivity contribution is 9.10. The highest BCUT2D eigenvalue weighted by atomic mass is 79.9. The fraction of sp³-hybridized carbons (Fsp3) is 0.125. The molecule has 1 heterocycles. The predicted octanol–water partition coefficient (Wildman–Crippen LogP) is 3.79. The number of rotatable bonds is 4. The fourth-order valence-corrected chi connectivity index (χ4v) is 2.44. The SMILES string of the molecule is CN(C)c1oc(/C=C(/C#N)C(=O)Nc2ccc(F)cc2)cc1Br. The third-order valence-electron chi connectivity index (χ3n) is 2.85. The van der Waals surface area contributed by atoms with Crippen molar-refractivity contribution in [3.05, 3.63) is 52.0 Å². The molecule has 23 heavy (non-hydrogen) atoms. The summed E-state index contributed by atoms with van der Waals surface area (Å²) in [5, 5.41) is 11.7. The molecule has 0 bridgehead atoms. The van der Waals surface area contributed by atoms with Crippen LogP contribution in [0.15, 0.2) is 44.8 Å². The van der Waals surface area contributed by atoms with Crippen molar-refractivity contribution in [1.29, 1.82) is 5.26 Å². The van der Waals surface area contributed by atoms with Gasteiger partial charge in [-0.1, -0.05) is 0 Å². The van der Waals surface area contributed by atoms with E-state index in [1.54, 1.807) is 11.0 Å². The van der Waals surface area contributed by atoms with Crippen molar-refractivity contribution in [3.63, 3.8) is 0 Å². The Hall–Kier alpha value is -2.59. The number of hydrogen-bond acceptors (Lipinski definition) is 4. The van der Waals surface area contributed by atoms with Gasteiger partial charge >= 0.3 is 0 Å². The van der Waals surface area contributed by atoms with E-state index >= 15 is 0 Å². The lowest BCUT2D eigenvalue weighted by molar-refractivity contribution is -0.112. The van der Waals surface area contributed by atoms with Crippen molar-refractivity contribution in [2.75, 3.05) is 24.3 Å². The predicted molar refractivity (Wildman–Crippen MR) is 89.4 cm³/mol. The molecule has 7 heteroatoms. The van der Waals surface area contributed by atoms with Crippen LogP contribution in [0.5, 0.6) is 0 Å². The summed E-state index contributed by atoms with van der Waals surface area (Å²) >= 11 is 3.34. The molecule has 118 valence electrons. The molecule has 0 aliphatic carbocycles. The first kappa shape index (κ1) is 16.8. The molecule has 0 radical (unpaired) electrons. The van der Waals surface area contributed by atoms with E-state index in [1.165, 1.54) is 30.3 Å². The normalized spacial score (nSPS) is 11.0. The first-order valence-corrected chi connectivity index (χ1v) is 7.35. The van der Waals surface area contributed by atoms with E-state index in [0.29, 0.717) is 21.8 Å². The van der Waals surface area contributed by atoms with Gasteiger partial charge in [0, 0.05) is 31.9 Å². The number of carbonyl (C=O) groups is 1. The van der Waals surface area contributed by atoms with Crippen LogP contribution in [0.1, 0.15) is 5.76 Å². The van der Waals surface area contributed by atoms with Crippen molar-refractivity contribution >= 4 is 39.5 Å². The summed E-state index contributed by atoms with van der Waals surface area (Å²) in [5.41, 5.74) is 0.271. The van der Waals surface area contributed by atoms with Gasteiger partial charge in [-0.25, -0.2) is 4.39 Å². The first-order chi connectivity index (χ1) is 10.9. The minimum Gasteiger partial charge on any atom is -0.440 e. The van der Waals surface area contributed by atoms with Crippen LogP contribution >= 0.6 is 15.9 Å². The smallest absolute Gasteiger partial charge is 0.266 e. The largest absolute Gasteiger partial charge is 0.440 e. The fourth-order valence-electron chi connectivity index (χ4n) is 1.78. The molecule has 2 aromatic rings. The Bertz CT molecular complexity index is 789. The van der Waals surface area contributed by atoms with Crippen molar-refractivity contribution in [3.8, 4) is 6.07 Å². The van der Waals surface area contributed by atoms with Gasteiger partial charge in [0.1, 0.15) is 23.2 Å². The third kappa shape index (κ3) is 4.20. The van der Waals surface area contributed by atoms with Gasteiger partial charge < -0.3 is 14.6 Å². The lowest BCUT2D eigenvalue weighted by atomic mass is 10.2. The van der Waals surface area contributed by atoms with E-state index in [-0.39, 0.29) is 5.57 Å². The molecule has 1 amide bonds. The van der Waals surface area contributed by atoms with E-state index in [0.717, 1.165) is 0 Å². The Morgan fingerprint density at radius 1 is 1.39 bits per heavy atom. The minimum atomic E-state index is -0.599. The number of halogens is 2. The monoisotopic (exact) mass is 377 g/mol. The number of nitrogens with one attached hydrogen (secondary N) is 1. The van der Waals surface area contributed by atoms with Crippen LogP contribution in [-0.4, -0.2) is 20.0 Å². The van der Waals surface area contributed by atoms with Gasteiger partial charge in [0.2, 0.25) is 5.88 Å². The second-order valence-electron chi connectivity index (χ2n) is 4.83. The van der Waals surface area contributed by atoms with Crippen LogP contribution in [0.4, 0.5) is 16.0 Å². The lowest BCUT2D eigenvalue weighted by Crippen LogP contribution is -2.13. The van der Waals surface area contributed by atoms with Crippen LogP contribution in [-0.2, 0) is 4.79 Å². The zero-order chi connectivity index (χ0) is 17.0. The standard InChI is InChI=1S/C16H13BrFN3O2/c1-21(2)16-14(17)8-13(23-16)7-10(9-19)15(22)20-12-5-3-11(18)4-6-12/h3-8H,1-2H3,(H,20,22)/b10-7-. The Balaban J connectivity index is 2.21. The quantitative estimate of drug-likeness (QED) is 0.649. The molecule has 0 aliphatic rings. The van der Waals surface area contributed by atoms with Gasteiger partial charge in [-0.15, -0.1) is 0 Å². The number of benzene rings is 1. The van der Waals surface area contributed by atoms with E-state index in [1.807, 2.05) is 20.2 Å². The number of furan rings is 1. The van der Waals surface area contributed by atoms with Gasteiger partial charge in [0.15, 0.2) is 0 Å². The summed E-state index contributed by atoms with van der Waals surface area (Å²) in [6, 6.07) is 8.76. The third-order valence-corrected chi connectivity index (χ3v) is 3.42. The average molecular weight is 378 g/mol. The second kappa shape index (κ2) is 7.11. The van der Waals surface area contributed by atoms with Crippen LogP contribution in [0.25, 0.3) is 6.08 Å². The number of nitriles is 1. The van der Waals surface area contributed by atoms with Crippen molar-refractivity contribution in [1.82, 2.24) is 0 Å². The summed E-state index contributed by atoms with van der Waals surface area (Å²) in [7, 11) is 3.62. The zero-order valence-corrected chi connectivity index (χ0v) is 14.0. The number of hydrogen-bond donors (Lipinski definition) is 1. The average Bonchev–Trinajstić information content (AvgIpc) is 2.88. The van der Waals surface area contributed by atoms with Gasteiger partial charge in [0.25, 0.3) is 5.91 Å². The lowest BCUT2D eigenvalue weighted by Gasteiger charge is -2.07. The molecular weight excluding hydrogens is 365 g/mol. The van der Waals surface area contributed by atoms with Crippen LogP contribution < -0.4 is 10.2 Å². The Labute approximate surface area is 141 Å². The number of amides is 1. The van der Waals surface area contributed by atoms with Gasteiger partial charge in [0.05, 0.1) is 4.47 Å². The van der Waals surface area contributed by atoms with Crippen molar-refractivity contribution in [2.45, 2.75) is 0 Å². The molecule has 0 saturated carbocycles. The number of carbonyl (C=O) groups excluding carboxylic acids is 1. The summed E-state index contributed by atoms with van der Waals surface area (Å²) in [6.45, 7) is 0. The number of anilines is 2. The summed E-state index contributed by atoms with van der Waals surface area (Å²) in [4.78, 5) is 13.9. The maximum absolute atomic E-state index is 12.8. The van der Waals surface area contributed by atoms with E-state index in [9.17, 15) is 9.18 Å². The Morgan fingerprint density at radius 3 is 2.57 bits per heavy atom. The molecule has 5 nitrogen and oxygen atoms in total. The molecular formula is C16H13BrFN3O2. The Morgan fingerprint density at radius 2 is 2.04 bits per heavy atom. The maximum Gasteiger partial charge on any atom is 0.266 e. The summed E-state index contributed by atoms with van der Waals surface area (Å²) in [5.74, 6) is -0.0624. The summed E-state index contributed by atoms with van der Waals surface area (Å²) in [6.07, 6.45) is 1.34. The Kier molecular flexibility index (Phi) is 5.19. The topological polar surface area (TPSA) is 69.3 Å². The van der Waals surface area contributed by atoms with Crippen LogP contribution in [0.2, 0.25) is 0 Å². The van der Waals surface area contributed by atoms with Crippen molar-refractivity contribution < 1.29 is 13.6 Å². The molecule has 0 atom stereocenters. The molecule has 0 aliphatic heterocycles. The molecule has 1 N–H and O–H groups in total. The first-order valence-electron chi connectivity index (χ1n) is 6.56. The molecule has 1 aromatic carbocycles. The zero-order valence-electron chi connectivity index (χ0n) is 12.4. The van der Waals surface area contributed by atoms with E-state index < -0.39 is 11.7 Å². The molecule has 0 saturated heterocycles. The van der Waals surface area contributed by atoms with Crippen molar-refractivity contribution in [2.24, 2.45) is 0 Å². The molecule has 1 aromatic heterocycles.